The number of esters is 1. The molecule has 0 amide bonds. The topological polar surface area (TPSA) is 38.3 Å². The van der Waals surface area contributed by atoms with Crippen LogP contribution < -0.4 is 5.32 Å². The highest BCUT2D eigenvalue weighted by atomic mass is 16.5. The van der Waals surface area contributed by atoms with Crippen molar-refractivity contribution < 1.29 is 9.53 Å². The largest absolute Gasteiger partial charge is 0.462 e. The van der Waals surface area contributed by atoms with Crippen molar-refractivity contribution in [3.63, 3.8) is 0 Å². The molecule has 0 aromatic heterocycles. The number of anilines is 1. The molecule has 21 heavy (non-hydrogen) atoms. The van der Waals surface area contributed by atoms with Crippen molar-refractivity contribution in [2.45, 2.75) is 59.0 Å². The number of nitrogens with one attached hydrogen (secondary N) is 1. The summed E-state index contributed by atoms with van der Waals surface area (Å²) in [6.07, 6.45) is 4.85. The zero-order valence-corrected chi connectivity index (χ0v) is 13.4. The number of benzene rings is 1. The minimum absolute atomic E-state index is 0.0840. The van der Waals surface area contributed by atoms with Gasteiger partial charge in [0, 0.05) is 12.2 Å². The van der Waals surface area contributed by atoms with E-state index in [2.05, 4.69) is 38.2 Å². The molecule has 0 spiro atoms. The Bertz CT molecular complexity index is 455. The number of carbonyl (C=O) groups is 1. The second-order valence-electron chi connectivity index (χ2n) is 6.90. The van der Waals surface area contributed by atoms with Gasteiger partial charge in [-0.25, -0.2) is 0 Å². The van der Waals surface area contributed by atoms with Crippen LogP contribution in [0.3, 0.4) is 0 Å². The van der Waals surface area contributed by atoms with Crippen LogP contribution in [0.2, 0.25) is 0 Å². The fraction of sp³-hybridized carbons (Fsp3) is 0.611. The Morgan fingerprint density at radius 2 is 1.86 bits per heavy atom. The number of hydrogen-bond donors (Lipinski definition) is 1. The van der Waals surface area contributed by atoms with Crippen LogP contribution in [0.1, 0.15) is 51.5 Å². The summed E-state index contributed by atoms with van der Waals surface area (Å²) in [6, 6.07) is 8.18. The average molecular weight is 289 g/mol. The quantitative estimate of drug-likeness (QED) is 0.821. The molecular formula is C18H27NO2. The summed E-state index contributed by atoms with van der Waals surface area (Å²) in [5.41, 5.74) is 2.70. The molecule has 1 aliphatic carbocycles. The number of aryl methyl sites for hydroxylation is 1. The van der Waals surface area contributed by atoms with E-state index in [9.17, 15) is 4.79 Å². The van der Waals surface area contributed by atoms with E-state index >= 15 is 0 Å². The molecule has 1 N–H and O–H groups in total. The van der Waals surface area contributed by atoms with Crippen LogP contribution in [0.15, 0.2) is 24.3 Å². The van der Waals surface area contributed by atoms with Crippen molar-refractivity contribution in [1.82, 2.24) is 0 Å². The summed E-state index contributed by atoms with van der Waals surface area (Å²) in [4.78, 5) is 11.9. The third-order valence-electron chi connectivity index (χ3n) is 4.29. The molecule has 3 heteroatoms. The highest BCUT2D eigenvalue weighted by Gasteiger charge is 2.28. The minimum Gasteiger partial charge on any atom is -0.462 e. The number of hydrogen-bond acceptors (Lipinski definition) is 3. The van der Waals surface area contributed by atoms with E-state index in [0.29, 0.717) is 18.4 Å². The molecule has 1 saturated carbocycles. The molecule has 0 bridgehead atoms. The van der Waals surface area contributed by atoms with Gasteiger partial charge in [0.2, 0.25) is 0 Å². The Balaban J connectivity index is 1.65. The van der Waals surface area contributed by atoms with E-state index in [4.69, 9.17) is 4.74 Å². The third kappa shape index (κ3) is 5.41. The molecule has 0 saturated heterocycles. The van der Waals surface area contributed by atoms with E-state index < -0.39 is 0 Å². The van der Waals surface area contributed by atoms with Crippen LogP contribution in [-0.4, -0.2) is 18.6 Å². The first kappa shape index (κ1) is 15.9. The molecule has 0 heterocycles. The third-order valence-corrected chi connectivity index (χ3v) is 4.29. The molecule has 0 atom stereocenters. The molecule has 0 unspecified atom stereocenters. The normalized spacial score (nSPS) is 18.2. The number of ether oxygens (including phenoxy) is 1. The van der Waals surface area contributed by atoms with Gasteiger partial charge in [-0.1, -0.05) is 31.5 Å². The predicted molar refractivity (Wildman–Crippen MR) is 86.4 cm³/mol. The lowest BCUT2D eigenvalue weighted by Gasteiger charge is -2.33. The predicted octanol–water partition coefficient (Wildman–Crippen LogP) is 4.31. The molecule has 1 fully saturated rings. The van der Waals surface area contributed by atoms with Crippen molar-refractivity contribution >= 4 is 11.7 Å². The van der Waals surface area contributed by atoms with Crippen LogP contribution in [0.5, 0.6) is 0 Å². The highest BCUT2D eigenvalue weighted by molar-refractivity contribution is 5.70. The molecule has 1 aromatic rings. The Morgan fingerprint density at radius 3 is 2.48 bits per heavy atom. The van der Waals surface area contributed by atoms with E-state index in [1.54, 1.807) is 0 Å². The first-order chi connectivity index (χ1) is 9.94. The van der Waals surface area contributed by atoms with Gasteiger partial charge in [0.1, 0.15) is 6.10 Å². The first-order valence-electron chi connectivity index (χ1n) is 7.95. The van der Waals surface area contributed by atoms with Gasteiger partial charge in [-0.05, 0) is 50.2 Å². The van der Waals surface area contributed by atoms with Crippen LogP contribution in [0, 0.1) is 12.3 Å². The summed E-state index contributed by atoms with van der Waals surface area (Å²) in [7, 11) is 0. The SMILES string of the molecule is Cc1ccc(NCCC(=O)OC2CCC(C)(C)CC2)cc1. The summed E-state index contributed by atoms with van der Waals surface area (Å²) >= 11 is 0. The van der Waals surface area contributed by atoms with Gasteiger partial charge >= 0.3 is 5.97 Å². The molecule has 1 aliphatic rings. The highest BCUT2D eigenvalue weighted by Crippen LogP contribution is 2.36. The standard InChI is InChI=1S/C18H27NO2/c1-14-4-6-15(7-5-14)19-13-10-17(20)21-16-8-11-18(2,3)12-9-16/h4-7,16,19H,8-13H2,1-3H3. The van der Waals surface area contributed by atoms with E-state index in [1.165, 1.54) is 5.56 Å². The van der Waals surface area contributed by atoms with Gasteiger partial charge in [-0.15, -0.1) is 0 Å². The summed E-state index contributed by atoms with van der Waals surface area (Å²) in [6.45, 7) is 7.26. The zero-order chi connectivity index (χ0) is 15.3. The molecule has 0 aliphatic heterocycles. The van der Waals surface area contributed by atoms with Crippen molar-refractivity contribution in [2.24, 2.45) is 5.41 Å². The van der Waals surface area contributed by atoms with Gasteiger partial charge in [0.15, 0.2) is 0 Å². The molecule has 3 nitrogen and oxygen atoms in total. The Labute approximate surface area is 128 Å². The number of carbonyl (C=O) groups excluding carboxylic acids is 1. The van der Waals surface area contributed by atoms with Gasteiger partial charge in [-0.3, -0.25) is 4.79 Å². The smallest absolute Gasteiger partial charge is 0.307 e. The fourth-order valence-electron chi connectivity index (χ4n) is 2.72. The van der Waals surface area contributed by atoms with Crippen LogP contribution in [0.4, 0.5) is 5.69 Å². The Hall–Kier alpha value is -1.51. The monoisotopic (exact) mass is 289 g/mol. The lowest BCUT2D eigenvalue weighted by atomic mass is 9.76. The van der Waals surface area contributed by atoms with E-state index in [-0.39, 0.29) is 12.1 Å². The molecule has 2 rings (SSSR count). The maximum Gasteiger partial charge on any atom is 0.307 e. The van der Waals surface area contributed by atoms with E-state index in [1.807, 2.05) is 12.1 Å². The van der Waals surface area contributed by atoms with Crippen molar-refractivity contribution in [3.8, 4) is 0 Å². The molecular weight excluding hydrogens is 262 g/mol. The summed E-state index contributed by atoms with van der Waals surface area (Å²) in [5.74, 6) is -0.0840. The molecule has 116 valence electrons. The Kier molecular flexibility index (Phi) is 5.27. The first-order valence-corrected chi connectivity index (χ1v) is 7.95. The van der Waals surface area contributed by atoms with Gasteiger partial charge < -0.3 is 10.1 Å². The summed E-state index contributed by atoms with van der Waals surface area (Å²) in [5, 5.41) is 3.25. The lowest BCUT2D eigenvalue weighted by molar-refractivity contribution is -0.151. The maximum absolute atomic E-state index is 11.9. The maximum atomic E-state index is 11.9. The second-order valence-corrected chi connectivity index (χ2v) is 6.90. The van der Waals surface area contributed by atoms with Gasteiger partial charge in [0.25, 0.3) is 0 Å². The van der Waals surface area contributed by atoms with Crippen LogP contribution in [-0.2, 0) is 9.53 Å². The van der Waals surface area contributed by atoms with Gasteiger partial charge in [-0.2, -0.15) is 0 Å². The van der Waals surface area contributed by atoms with Crippen molar-refractivity contribution in [3.05, 3.63) is 29.8 Å². The van der Waals surface area contributed by atoms with Crippen molar-refractivity contribution in [1.29, 1.82) is 0 Å². The minimum atomic E-state index is -0.0840. The van der Waals surface area contributed by atoms with Crippen molar-refractivity contribution in [2.75, 3.05) is 11.9 Å². The fourth-order valence-corrected chi connectivity index (χ4v) is 2.72. The second kappa shape index (κ2) is 6.97. The van der Waals surface area contributed by atoms with E-state index in [0.717, 1.165) is 31.4 Å². The zero-order valence-electron chi connectivity index (χ0n) is 13.4. The lowest BCUT2D eigenvalue weighted by Crippen LogP contribution is -2.28. The van der Waals surface area contributed by atoms with Gasteiger partial charge in [0.05, 0.1) is 6.42 Å². The molecule has 1 aromatic carbocycles. The van der Waals surface area contributed by atoms with Crippen LogP contribution in [0.25, 0.3) is 0 Å². The average Bonchev–Trinajstić information content (AvgIpc) is 2.43. The number of rotatable bonds is 5. The van der Waals surface area contributed by atoms with Crippen LogP contribution >= 0.6 is 0 Å². The molecule has 0 radical (unpaired) electrons. The summed E-state index contributed by atoms with van der Waals surface area (Å²) < 4.78 is 5.56. The Morgan fingerprint density at radius 1 is 1.24 bits per heavy atom.